The van der Waals surface area contributed by atoms with Crippen LogP contribution in [0.25, 0.3) is 0 Å². The third kappa shape index (κ3) is 3.16. The van der Waals surface area contributed by atoms with Crippen LogP contribution in [0.15, 0.2) is 6.20 Å². The Bertz CT molecular complexity index is 464. The van der Waals surface area contributed by atoms with Gasteiger partial charge in [0.1, 0.15) is 0 Å². The molecule has 0 aliphatic heterocycles. The van der Waals surface area contributed by atoms with Crippen molar-refractivity contribution in [3.05, 3.63) is 17.5 Å². The molecule has 0 bridgehead atoms. The van der Waals surface area contributed by atoms with Crippen molar-refractivity contribution in [2.24, 2.45) is 0 Å². The van der Waals surface area contributed by atoms with Crippen molar-refractivity contribution >= 4 is 17.6 Å². The Morgan fingerprint density at radius 1 is 1.50 bits per heavy atom. The van der Waals surface area contributed by atoms with E-state index in [4.69, 9.17) is 16.7 Å². The summed E-state index contributed by atoms with van der Waals surface area (Å²) in [6.07, 6.45) is -4.11. The predicted octanol–water partition coefficient (Wildman–Crippen LogP) is 2.43. The van der Waals surface area contributed by atoms with E-state index in [1.807, 2.05) is 0 Å². The van der Waals surface area contributed by atoms with Crippen LogP contribution in [-0.2, 0) is 5.88 Å². The summed E-state index contributed by atoms with van der Waals surface area (Å²) >= 11 is 5.43. The maximum absolute atomic E-state index is 12.2. The van der Waals surface area contributed by atoms with Gasteiger partial charge in [-0.15, -0.1) is 24.8 Å². The fraction of sp³-hybridized carbons (Fsp3) is 0.333. The largest absolute Gasteiger partial charge is 0.573 e. The van der Waals surface area contributed by atoms with Crippen LogP contribution in [0.1, 0.15) is 16.1 Å². The Morgan fingerprint density at radius 3 is 2.50 bits per heavy atom. The Hall–Kier alpha value is -1.70. The quantitative estimate of drug-likeness (QED) is 0.861. The van der Waals surface area contributed by atoms with Crippen molar-refractivity contribution in [2.45, 2.75) is 12.2 Å². The van der Waals surface area contributed by atoms with Crippen LogP contribution >= 0.6 is 11.6 Å². The average Bonchev–Trinajstić information content (AvgIpc) is 2.26. The summed E-state index contributed by atoms with van der Waals surface area (Å²) < 4.78 is 45.0. The fourth-order valence-corrected chi connectivity index (χ4v) is 1.37. The summed E-state index contributed by atoms with van der Waals surface area (Å²) in [5, 5.41) is 8.77. The second kappa shape index (κ2) is 5.30. The van der Waals surface area contributed by atoms with Crippen LogP contribution in [0.2, 0.25) is 0 Å². The second-order valence-electron chi connectivity index (χ2n) is 2.98. The van der Waals surface area contributed by atoms with E-state index in [0.717, 1.165) is 13.3 Å². The van der Waals surface area contributed by atoms with Crippen molar-refractivity contribution in [3.8, 4) is 11.5 Å². The minimum absolute atomic E-state index is 0.129. The van der Waals surface area contributed by atoms with Crippen LogP contribution in [0.4, 0.5) is 13.2 Å². The number of rotatable bonds is 4. The molecule has 18 heavy (non-hydrogen) atoms. The lowest BCUT2D eigenvalue weighted by Gasteiger charge is -2.16. The topological polar surface area (TPSA) is 68.7 Å². The van der Waals surface area contributed by atoms with Gasteiger partial charge >= 0.3 is 12.3 Å². The standard InChI is InChI=1S/C9H7ClF3NO4/c1-17-7-5(8(15)16)14-3-4(2-10)6(7)18-9(11,12)13/h3H,2H2,1H3,(H,15,16). The molecule has 0 spiro atoms. The Morgan fingerprint density at radius 2 is 2.11 bits per heavy atom. The number of hydrogen-bond donors (Lipinski definition) is 1. The molecule has 1 aromatic heterocycles. The molecule has 100 valence electrons. The fourth-order valence-electron chi connectivity index (χ4n) is 1.18. The molecule has 0 radical (unpaired) electrons. The van der Waals surface area contributed by atoms with Gasteiger partial charge in [0.05, 0.1) is 13.0 Å². The summed E-state index contributed by atoms with van der Waals surface area (Å²) in [4.78, 5) is 14.2. The molecule has 1 aromatic rings. The molecule has 0 aromatic carbocycles. The maximum atomic E-state index is 12.2. The second-order valence-corrected chi connectivity index (χ2v) is 3.25. The molecular weight excluding hydrogens is 279 g/mol. The van der Waals surface area contributed by atoms with Crippen LogP contribution < -0.4 is 9.47 Å². The number of aromatic carboxylic acids is 1. The van der Waals surface area contributed by atoms with Gasteiger partial charge in [-0.05, 0) is 0 Å². The lowest BCUT2D eigenvalue weighted by molar-refractivity contribution is -0.275. The minimum atomic E-state index is -4.99. The van der Waals surface area contributed by atoms with E-state index in [-0.39, 0.29) is 11.4 Å². The number of halogens is 4. The van der Waals surface area contributed by atoms with Gasteiger partial charge in [-0.2, -0.15) is 0 Å². The van der Waals surface area contributed by atoms with Crippen LogP contribution in [0, 0.1) is 0 Å². The number of carbonyl (C=O) groups is 1. The summed E-state index contributed by atoms with van der Waals surface area (Å²) in [6, 6.07) is 0. The first kappa shape index (κ1) is 14.4. The lowest BCUT2D eigenvalue weighted by Crippen LogP contribution is -2.20. The van der Waals surface area contributed by atoms with E-state index in [1.165, 1.54) is 0 Å². The zero-order valence-electron chi connectivity index (χ0n) is 8.92. The summed E-state index contributed by atoms with van der Waals surface area (Å²) in [7, 11) is 1.00. The van der Waals surface area contributed by atoms with Crippen molar-refractivity contribution in [2.75, 3.05) is 7.11 Å². The number of carboxylic acids is 1. The summed E-state index contributed by atoms with van der Waals surface area (Å²) in [5.41, 5.74) is -0.818. The molecule has 9 heteroatoms. The third-order valence-corrected chi connectivity index (χ3v) is 2.12. The van der Waals surface area contributed by atoms with Crippen molar-refractivity contribution in [1.82, 2.24) is 4.98 Å². The highest BCUT2D eigenvalue weighted by Gasteiger charge is 2.35. The highest BCUT2D eigenvalue weighted by atomic mass is 35.5. The Kier molecular flexibility index (Phi) is 4.23. The molecule has 0 fully saturated rings. The van der Waals surface area contributed by atoms with E-state index in [0.29, 0.717) is 0 Å². The zero-order chi connectivity index (χ0) is 13.9. The first-order chi connectivity index (χ1) is 8.30. The number of aromatic nitrogens is 1. The van der Waals surface area contributed by atoms with Crippen LogP contribution in [-0.4, -0.2) is 29.5 Å². The number of alkyl halides is 4. The van der Waals surface area contributed by atoms with Gasteiger partial charge in [-0.1, -0.05) is 0 Å². The van der Waals surface area contributed by atoms with Crippen molar-refractivity contribution < 1.29 is 32.5 Å². The molecule has 0 saturated heterocycles. The van der Waals surface area contributed by atoms with Gasteiger partial charge in [0.15, 0.2) is 17.2 Å². The number of pyridine rings is 1. The predicted molar refractivity (Wildman–Crippen MR) is 54.0 cm³/mol. The highest BCUT2D eigenvalue weighted by molar-refractivity contribution is 6.17. The number of carboxylic acid groups (broad SMARTS) is 1. The normalized spacial score (nSPS) is 11.2. The van der Waals surface area contributed by atoms with E-state index in [1.54, 1.807) is 0 Å². The number of methoxy groups -OCH3 is 1. The smallest absolute Gasteiger partial charge is 0.491 e. The Balaban J connectivity index is 3.41. The monoisotopic (exact) mass is 285 g/mol. The van der Waals surface area contributed by atoms with Gasteiger partial charge in [-0.3, -0.25) is 0 Å². The maximum Gasteiger partial charge on any atom is 0.573 e. The average molecular weight is 286 g/mol. The molecule has 0 saturated carbocycles. The van der Waals surface area contributed by atoms with Crippen LogP contribution in [0.3, 0.4) is 0 Å². The molecule has 1 heterocycles. The number of ether oxygens (including phenoxy) is 2. The van der Waals surface area contributed by atoms with Gasteiger partial charge < -0.3 is 14.6 Å². The molecule has 0 aliphatic carbocycles. The van der Waals surface area contributed by atoms with E-state index in [9.17, 15) is 18.0 Å². The van der Waals surface area contributed by atoms with Gasteiger partial charge in [-0.25, -0.2) is 9.78 Å². The van der Waals surface area contributed by atoms with Gasteiger partial charge in [0.25, 0.3) is 0 Å². The first-order valence-electron chi connectivity index (χ1n) is 4.41. The molecule has 0 atom stereocenters. The summed E-state index contributed by atoms with van der Waals surface area (Å²) in [5.74, 6) is -3.31. The SMILES string of the molecule is COc1c(C(=O)O)ncc(CCl)c1OC(F)(F)F. The molecule has 5 nitrogen and oxygen atoms in total. The molecule has 1 N–H and O–H groups in total. The number of nitrogens with zero attached hydrogens (tertiary/aromatic N) is 1. The van der Waals surface area contributed by atoms with E-state index >= 15 is 0 Å². The van der Waals surface area contributed by atoms with E-state index < -0.39 is 29.5 Å². The minimum Gasteiger partial charge on any atom is -0.491 e. The van der Waals surface area contributed by atoms with Crippen LogP contribution in [0.5, 0.6) is 11.5 Å². The molecular formula is C9H7ClF3NO4. The molecule has 0 unspecified atom stereocenters. The number of hydrogen-bond acceptors (Lipinski definition) is 4. The lowest BCUT2D eigenvalue weighted by atomic mass is 10.2. The molecule has 0 aliphatic rings. The van der Waals surface area contributed by atoms with E-state index in [2.05, 4.69) is 14.5 Å². The van der Waals surface area contributed by atoms with Crippen molar-refractivity contribution in [1.29, 1.82) is 0 Å². The first-order valence-corrected chi connectivity index (χ1v) is 4.94. The highest BCUT2D eigenvalue weighted by Crippen LogP contribution is 2.37. The Labute approximate surface area is 104 Å². The molecule has 1 rings (SSSR count). The zero-order valence-corrected chi connectivity index (χ0v) is 9.67. The van der Waals surface area contributed by atoms with Gasteiger partial charge in [0.2, 0.25) is 0 Å². The molecule has 0 amide bonds. The summed E-state index contributed by atoms with van der Waals surface area (Å²) in [6.45, 7) is 0. The van der Waals surface area contributed by atoms with Gasteiger partial charge in [0, 0.05) is 11.8 Å². The van der Waals surface area contributed by atoms with Crippen molar-refractivity contribution in [3.63, 3.8) is 0 Å². The third-order valence-electron chi connectivity index (χ3n) is 1.83.